The van der Waals surface area contributed by atoms with E-state index in [1.807, 2.05) is 4.90 Å². The van der Waals surface area contributed by atoms with Crippen molar-refractivity contribution in [2.24, 2.45) is 11.7 Å². The highest BCUT2D eigenvalue weighted by molar-refractivity contribution is 5.83. The minimum atomic E-state index is -0.499. The lowest BCUT2D eigenvalue weighted by Crippen LogP contribution is -2.48. The van der Waals surface area contributed by atoms with Crippen LogP contribution in [-0.2, 0) is 9.53 Å². The van der Waals surface area contributed by atoms with Crippen molar-refractivity contribution in [3.05, 3.63) is 35.6 Å². The Balaban J connectivity index is 1.71. The Morgan fingerprint density at radius 2 is 2.13 bits per heavy atom. The minimum Gasteiger partial charge on any atom is -0.379 e. The number of hydrogen-bond donors (Lipinski definition) is 2. The van der Waals surface area contributed by atoms with Crippen molar-refractivity contribution in [2.75, 3.05) is 32.8 Å². The summed E-state index contributed by atoms with van der Waals surface area (Å²) in [4.78, 5) is 14.8. The SMILES string of the molecule is NC(CNC(=O)C(c1cccc(F)c1)N1CCOCC1)C1CC1. The normalized spacial score (nSPS) is 21.7. The van der Waals surface area contributed by atoms with E-state index in [1.54, 1.807) is 12.1 Å². The number of halogens is 1. The first-order chi connectivity index (χ1) is 11.1. The summed E-state index contributed by atoms with van der Waals surface area (Å²) < 4.78 is 19.0. The summed E-state index contributed by atoms with van der Waals surface area (Å²) in [6, 6.07) is 5.77. The van der Waals surface area contributed by atoms with Crippen molar-refractivity contribution in [1.82, 2.24) is 10.2 Å². The molecule has 2 fully saturated rings. The number of nitrogens with one attached hydrogen (secondary N) is 1. The number of rotatable bonds is 6. The second-order valence-electron chi connectivity index (χ2n) is 6.35. The van der Waals surface area contributed by atoms with Crippen molar-refractivity contribution < 1.29 is 13.9 Å². The van der Waals surface area contributed by atoms with Crippen LogP contribution in [0.1, 0.15) is 24.4 Å². The van der Waals surface area contributed by atoms with E-state index in [2.05, 4.69) is 5.32 Å². The van der Waals surface area contributed by atoms with Gasteiger partial charge in [0.1, 0.15) is 11.9 Å². The second kappa shape index (κ2) is 7.38. The largest absolute Gasteiger partial charge is 0.379 e. The van der Waals surface area contributed by atoms with Gasteiger partial charge in [-0.25, -0.2) is 4.39 Å². The molecule has 1 saturated carbocycles. The molecule has 6 heteroatoms. The Morgan fingerprint density at radius 3 is 2.78 bits per heavy atom. The van der Waals surface area contributed by atoms with E-state index in [0.29, 0.717) is 44.3 Å². The molecule has 0 aromatic heterocycles. The zero-order valence-electron chi connectivity index (χ0n) is 13.2. The molecule has 1 aromatic rings. The molecule has 1 aromatic carbocycles. The zero-order chi connectivity index (χ0) is 16.2. The zero-order valence-corrected chi connectivity index (χ0v) is 13.2. The maximum Gasteiger partial charge on any atom is 0.242 e. The molecular formula is C17H24FN3O2. The molecule has 126 valence electrons. The van der Waals surface area contributed by atoms with Crippen molar-refractivity contribution in [1.29, 1.82) is 0 Å². The summed E-state index contributed by atoms with van der Waals surface area (Å²) >= 11 is 0. The van der Waals surface area contributed by atoms with E-state index in [-0.39, 0.29) is 17.8 Å². The van der Waals surface area contributed by atoms with Gasteiger partial charge in [-0.3, -0.25) is 9.69 Å². The fraction of sp³-hybridized carbons (Fsp3) is 0.588. The molecule has 2 aliphatic rings. The van der Waals surface area contributed by atoms with Crippen molar-refractivity contribution in [3.63, 3.8) is 0 Å². The van der Waals surface area contributed by atoms with Gasteiger partial charge in [0.2, 0.25) is 5.91 Å². The standard InChI is InChI=1S/C17H24FN3O2/c18-14-3-1-2-13(10-14)16(21-6-8-23-9-7-21)17(22)20-11-15(19)12-4-5-12/h1-3,10,12,15-16H,4-9,11,19H2,(H,20,22). The van der Waals surface area contributed by atoms with Crippen molar-refractivity contribution in [2.45, 2.75) is 24.9 Å². The predicted molar refractivity (Wildman–Crippen MR) is 85.2 cm³/mol. The van der Waals surface area contributed by atoms with Crippen LogP contribution >= 0.6 is 0 Å². The number of hydrogen-bond acceptors (Lipinski definition) is 4. The predicted octanol–water partition coefficient (Wildman–Crippen LogP) is 1.05. The third-order valence-corrected chi connectivity index (χ3v) is 4.56. The van der Waals surface area contributed by atoms with Crippen LogP contribution in [0.4, 0.5) is 4.39 Å². The Bertz CT molecular complexity index is 544. The Morgan fingerprint density at radius 1 is 1.39 bits per heavy atom. The van der Waals surface area contributed by atoms with Crippen LogP contribution in [0.3, 0.4) is 0 Å². The maximum atomic E-state index is 13.6. The molecule has 0 radical (unpaired) electrons. The number of amides is 1. The molecule has 23 heavy (non-hydrogen) atoms. The van der Waals surface area contributed by atoms with E-state index in [9.17, 15) is 9.18 Å². The minimum absolute atomic E-state index is 0.0109. The smallest absolute Gasteiger partial charge is 0.242 e. The number of benzene rings is 1. The summed E-state index contributed by atoms with van der Waals surface area (Å²) in [5.41, 5.74) is 6.73. The van der Waals surface area contributed by atoms with E-state index in [4.69, 9.17) is 10.5 Å². The third kappa shape index (κ3) is 4.28. The van der Waals surface area contributed by atoms with Gasteiger partial charge in [0.15, 0.2) is 0 Å². The monoisotopic (exact) mass is 321 g/mol. The average molecular weight is 321 g/mol. The quantitative estimate of drug-likeness (QED) is 0.822. The second-order valence-corrected chi connectivity index (χ2v) is 6.35. The van der Waals surface area contributed by atoms with E-state index >= 15 is 0 Å². The number of nitrogens with zero attached hydrogens (tertiary/aromatic N) is 1. The van der Waals surface area contributed by atoms with Gasteiger partial charge in [-0.2, -0.15) is 0 Å². The summed E-state index contributed by atoms with van der Waals surface area (Å²) in [6.45, 7) is 2.95. The van der Waals surface area contributed by atoms with Gasteiger partial charge in [-0.1, -0.05) is 12.1 Å². The van der Waals surface area contributed by atoms with Crippen molar-refractivity contribution >= 4 is 5.91 Å². The number of morpholine rings is 1. The van der Waals surface area contributed by atoms with Gasteiger partial charge >= 0.3 is 0 Å². The molecule has 1 saturated heterocycles. The molecule has 2 atom stereocenters. The van der Waals surface area contributed by atoms with Crippen molar-refractivity contribution in [3.8, 4) is 0 Å². The lowest BCUT2D eigenvalue weighted by atomic mass is 10.0. The van der Waals surface area contributed by atoms with E-state index in [0.717, 1.165) is 12.8 Å². The lowest BCUT2D eigenvalue weighted by molar-refractivity contribution is -0.128. The Hall–Kier alpha value is -1.50. The number of nitrogens with two attached hydrogens (primary N) is 1. The van der Waals surface area contributed by atoms with Gasteiger partial charge < -0.3 is 15.8 Å². The van der Waals surface area contributed by atoms with Crippen LogP contribution in [0, 0.1) is 11.7 Å². The topological polar surface area (TPSA) is 67.6 Å². The first-order valence-corrected chi connectivity index (χ1v) is 8.25. The van der Waals surface area contributed by atoms with Crippen LogP contribution in [0.25, 0.3) is 0 Å². The molecule has 1 aliphatic heterocycles. The fourth-order valence-corrected chi connectivity index (χ4v) is 3.05. The molecule has 3 N–H and O–H groups in total. The molecular weight excluding hydrogens is 297 g/mol. The molecule has 1 heterocycles. The molecule has 1 amide bonds. The average Bonchev–Trinajstić information content (AvgIpc) is 3.39. The van der Waals surface area contributed by atoms with Gasteiger partial charge in [0.25, 0.3) is 0 Å². The first kappa shape index (κ1) is 16.4. The maximum absolute atomic E-state index is 13.6. The van der Waals surface area contributed by atoms with Gasteiger partial charge in [0.05, 0.1) is 13.2 Å². The van der Waals surface area contributed by atoms with Gasteiger partial charge in [-0.05, 0) is 36.5 Å². The van der Waals surface area contributed by atoms with Crippen LogP contribution in [0.2, 0.25) is 0 Å². The van der Waals surface area contributed by atoms with Crippen LogP contribution in [0.15, 0.2) is 24.3 Å². The Labute approximate surface area is 136 Å². The molecule has 3 rings (SSSR count). The Kier molecular flexibility index (Phi) is 5.25. The summed E-state index contributed by atoms with van der Waals surface area (Å²) in [5.74, 6) is 0.0862. The van der Waals surface area contributed by atoms with Gasteiger partial charge in [-0.15, -0.1) is 0 Å². The highest BCUT2D eigenvalue weighted by atomic mass is 19.1. The highest BCUT2D eigenvalue weighted by Gasteiger charge is 2.32. The molecule has 0 spiro atoms. The molecule has 1 aliphatic carbocycles. The third-order valence-electron chi connectivity index (χ3n) is 4.56. The summed E-state index contributed by atoms with van der Waals surface area (Å²) in [6.07, 6.45) is 2.29. The van der Waals surface area contributed by atoms with Gasteiger partial charge in [0, 0.05) is 25.7 Å². The van der Waals surface area contributed by atoms with Crippen LogP contribution in [-0.4, -0.2) is 49.7 Å². The fourth-order valence-electron chi connectivity index (χ4n) is 3.05. The highest BCUT2D eigenvalue weighted by Crippen LogP contribution is 2.31. The van der Waals surface area contributed by atoms with Crippen LogP contribution in [0.5, 0.6) is 0 Å². The number of carbonyl (C=O) groups is 1. The van der Waals surface area contributed by atoms with E-state index in [1.165, 1.54) is 12.1 Å². The molecule has 0 bridgehead atoms. The van der Waals surface area contributed by atoms with Crippen LogP contribution < -0.4 is 11.1 Å². The summed E-state index contributed by atoms with van der Waals surface area (Å²) in [7, 11) is 0. The van der Waals surface area contributed by atoms with E-state index < -0.39 is 6.04 Å². The lowest BCUT2D eigenvalue weighted by Gasteiger charge is -2.34. The number of ether oxygens (including phenoxy) is 1. The summed E-state index contributed by atoms with van der Waals surface area (Å²) in [5, 5.41) is 2.95. The molecule has 5 nitrogen and oxygen atoms in total. The number of carbonyl (C=O) groups excluding carboxylic acids is 1. The molecule has 2 unspecified atom stereocenters. The first-order valence-electron chi connectivity index (χ1n) is 8.25.